The molecule has 0 saturated heterocycles. The van der Waals surface area contributed by atoms with Crippen molar-refractivity contribution >= 4 is 51.6 Å². The number of anilines is 1. The van der Waals surface area contributed by atoms with Crippen molar-refractivity contribution in [2.45, 2.75) is 26.7 Å². The lowest BCUT2D eigenvalue weighted by Crippen LogP contribution is -2.34. The molecule has 0 aliphatic heterocycles. The Morgan fingerprint density at radius 3 is 2.68 bits per heavy atom. The van der Waals surface area contributed by atoms with Gasteiger partial charge in [0.25, 0.3) is 5.91 Å². The summed E-state index contributed by atoms with van der Waals surface area (Å²) in [4.78, 5) is 17.4. The Balaban J connectivity index is 1.55. The van der Waals surface area contributed by atoms with Crippen molar-refractivity contribution in [1.29, 1.82) is 0 Å². The summed E-state index contributed by atoms with van der Waals surface area (Å²) in [5, 5.41) is 6.20. The van der Waals surface area contributed by atoms with Gasteiger partial charge in [0.2, 0.25) is 5.89 Å². The number of thiocarbonyl (C=S) groups is 1. The zero-order chi connectivity index (χ0) is 24.4. The molecule has 0 atom stereocenters. The molecular weight excluding hydrogens is 470 g/mol. The Kier molecular flexibility index (Phi) is 6.86. The minimum absolute atomic E-state index is 0.103. The molecule has 0 unspecified atom stereocenters. The molecule has 1 aromatic heterocycles. The first-order valence-corrected chi connectivity index (χ1v) is 11.5. The molecule has 0 spiro atoms. The van der Waals surface area contributed by atoms with Gasteiger partial charge in [-0.3, -0.25) is 10.1 Å². The van der Waals surface area contributed by atoms with E-state index in [1.807, 2.05) is 37.3 Å². The first-order chi connectivity index (χ1) is 16.3. The molecule has 174 valence electrons. The molecule has 2 N–H and O–H groups in total. The molecule has 4 aromatic rings. The van der Waals surface area contributed by atoms with Gasteiger partial charge in [0.1, 0.15) is 11.3 Å². The van der Waals surface area contributed by atoms with Crippen molar-refractivity contribution in [3.05, 3.63) is 76.3 Å². The van der Waals surface area contributed by atoms with Gasteiger partial charge >= 0.3 is 0 Å². The van der Waals surface area contributed by atoms with Crippen LogP contribution < -0.4 is 15.4 Å². The van der Waals surface area contributed by atoms with Crippen molar-refractivity contribution in [3.63, 3.8) is 0 Å². The Bertz CT molecular complexity index is 1400. The standard InChI is InChI=1S/C26H24ClN3O3S/c1-14(2)16-9-11-22-21(12-16)28-25(33-22)17-8-10-19(27)20(13-17)29-26(34)30-24(31)18-7-5-6-15(3)23(18)32-4/h5-14H,1-4H3,(H2,29,30,31,34). The largest absolute Gasteiger partial charge is 0.496 e. The Hall–Kier alpha value is -3.42. The SMILES string of the molecule is COc1c(C)cccc1C(=O)NC(=S)Nc1cc(-c2nc3cc(C(C)C)ccc3o2)ccc1Cl. The van der Waals surface area contributed by atoms with Crippen LogP contribution >= 0.6 is 23.8 Å². The molecule has 0 aliphatic rings. The number of amides is 1. The van der Waals surface area contributed by atoms with Gasteiger partial charge in [-0.15, -0.1) is 0 Å². The highest BCUT2D eigenvalue weighted by Gasteiger charge is 2.17. The quantitative estimate of drug-likeness (QED) is 0.301. The molecule has 6 nitrogen and oxygen atoms in total. The Morgan fingerprint density at radius 1 is 1.15 bits per heavy atom. The number of carbonyl (C=O) groups is 1. The first-order valence-electron chi connectivity index (χ1n) is 10.7. The molecule has 3 aromatic carbocycles. The predicted octanol–water partition coefficient (Wildman–Crippen LogP) is 6.72. The van der Waals surface area contributed by atoms with Crippen LogP contribution in [0, 0.1) is 6.92 Å². The lowest BCUT2D eigenvalue weighted by atomic mass is 10.0. The molecule has 0 aliphatic carbocycles. The van der Waals surface area contributed by atoms with E-state index in [9.17, 15) is 4.79 Å². The van der Waals surface area contributed by atoms with E-state index in [2.05, 4.69) is 29.5 Å². The van der Waals surface area contributed by atoms with Crippen LogP contribution in [-0.4, -0.2) is 23.1 Å². The van der Waals surface area contributed by atoms with Gasteiger partial charge in [0.05, 0.1) is 23.4 Å². The van der Waals surface area contributed by atoms with Crippen LogP contribution in [0.15, 0.2) is 59.0 Å². The second-order valence-electron chi connectivity index (χ2n) is 8.16. The fourth-order valence-electron chi connectivity index (χ4n) is 3.61. The smallest absolute Gasteiger partial charge is 0.261 e. The molecule has 0 radical (unpaired) electrons. The van der Waals surface area contributed by atoms with E-state index in [-0.39, 0.29) is 11.0 Å². The number of methoxy groups -OCH3 is 1. The van der Waals surface area contributed by atoms with E-state index in [1.165, 1.54) is 12.7 Å². The zero-order valence-corrected chi connectivity index (χ0v) is 20.8. The number of fused-ring (bicyclic) bond motifs is 1. The summed E-state index contributed by atoms with van der Waals surface area (Å²) in [7, 11) is 1.52. The number of aromatic nitrogens is 1. The van der Waals surface area contributed by atoms with Crippen molar-refractivity contribution in [2.75, 3.05) is 12.4 Å². The first kappa shape index (κ1) is 23.7. The minimum Gasteiger partial charge on any atom is -0.496 e. The van der Waals surface area contributed by atoms with Crippen molar-refractivity contribution in [2.24, 2.45) is 0 Å². The summed E-state index contributed by atoms with van der Waals surface area (Å²) < 4.78 is 11.3. The molecule has 0 saturated carbocycles. The molecule has 0 bridgehead atoms. The van der Waals surface area contributed by atoms with Crippen LogP contribution in [0.3, 0.4) is 0 Å². The third-order valence-electron chi connectivity index (χ3n) is 5.43. The fraction of sp³-hybridized carbons (Fsp3) is 0.192. The minimum atomic E-state index is -0.384. The maximum Gasteiger partial charge on any atom is 0.261 e. The molecule has 8 heteroatoms. The number of para-hydroxylation sites is 1. The predicted molar refractivity (Wildman–Crippen MR) is 140 cm³/mol. The number of halogens is 1. The fourth-order valence-corrected chi connectivity index (χ4v) is 3.97. The van der Waals surface area contributed by atoms with Crippen molar-refractivity contribution in [1.82, 2.24) is 10.3 Å². The van der Waals surface area contributed by atoms with Gasteiger partial charge < -0.3 is 14.5 Å². The van der Waals surface area contributed by atoms with Crippen LogP contribution in [-0.2, 0) is 0 Å². The summed E-state index contributed by atoms with van der Waals surface area (Å²) in [5.41, 5.74) is 5.17. The molecule has 0 fully saturated rings. The molecular formula is C26H24ClN3O3S. The second-order valence-corrected chi connectivity index (χ2v) is 8.97. The number of carbonyl (C=O) groups excluding carboxylic acids is 1. The maximum atomic E-state index is 12.7. The zero-order valence-electron chi connectivity index (χ0n) is 19.2. The number of rotatable bonds is 5. The van der Waals surface area contributed by atoms with E-state index in [0.29, 0.717) is 39.4 Å². The highest BCUT2D eigenvalue weighted by atomic mass is 35.5. The average Bonchev–Trinajstić information content (AvgIpc) is 3.23. The summed E-state index contributed by atoms with van der Waals surface area (Å²) in [6.07, 6.45) is 0. The number of benzene rings is 3. The van der Waals surface area contributed by atoms with Crippen LogP contribution in [0.1, 0.15) is 41.3 Å². The summed E-state index contributed by atoms with van der Waals surface area (Å²) in [6, 6.07) is 16.7. The van der Waals surface area contributed by atoms with Crippen LogP contribution in [0.5, 0.6) is 5.75 Å². The third kappa shape index (κ3) is 4.90. The second kappa shape index (κ2) is 9.83. The van der Waals surface area contributed by atoms with Crippen LogP contribution in [0.25, 0.3) is 22.6 Å². The Labute approximate surface area is 208 Å². The van der Waals surface area contributed by atoms with Crippen LogP contribution in [0.2, 0.25) is 5.02 Å². The van der Waals surface area contributed by atoms with Crippen molar-refractivity contribution in [3.8, 4) is 17.2 Å². The third-order valence-corrected chi connectivity index (χ3v) is 5.96. The normalized spacial score (nSPS) is 11.0. The van der Waals surface area contributed by atoms with Gasteiger partial charge in [-0.05, 0) is 72.6 Å². The molecule has 1 amide bonds. The molecule has 1 heterocycles. The maximum absolute atomic E-state index is 12.7. The van der Waals surface area contributed by atoms with E-state index in [4.69, 9.17) is 33.0 Å². The molecule has 34 heavy (non-hydrogen) atoms. The van der Waals surface area contributed by atoms with E-state index in [1.54, 1.807) is 24.3 Å². The highest BCUT2D eigenvalue weighted by Crippen LogP contribution is 2.31. The number of ether oxygens (including phenoxy) is 1. The highest BCUT2D eigenvalue weighted by molar-refractivity contribution is 7.80. The van der Waals surface area contributed by atoms with Gasteiger partial charge in [-0.1, -0.05) is 43.6 Å². The number of nitrogens with zero attached hydrogens (tertiary/aromatic N) is 1. The molecule has 4 rings (SSSR count). The summed E-state index contributed by atoms with van der Waals surface area (Å²) in [5.74, 6) is 0.978. The van der Waals surface area contributed by atoms with Crippen LogP contribution in [0.4, 0.5) is 5.69 Å². The van der Waals surface area contributed by atoms with E-state index in [0.717, 1.165) is 16.6 Å². The van der Waals surface area contributed by atoms with Crippen molar-refractivity contribution < 1.29 is 13.9 Å². The number of aryl methyl sites for hydroxylation is 1. The Morgan fingerprint density at radius 2 is 1.94 bits per heavy atom. The number of hydrogen-bond donors (Lipinski definition) is 2. The van der Waals surface area contributed by atoms with E-state index < -0.39 is 0 Å². The summed E-state index contributed by atoms with van der Waals surface area (Å²) >= 11 is 11.7. The topological polar surface area (TPSA) is 76.4 Å². The number of hydrogen-bond acceptors (Lipinski definition) is 5. The van der Waals surface area contributed by atoms with Gasteiger partial charge in [-0.2, -0.15) is 0 Å². The van der Waals surface area contributed by atoms with Gasteiger partial charge in [0, 0.05) is 5.56 Å². The van der Waals surface area contributed by atoms with Gasteiger partial charge in [-0.25, -0.2) is 4.98 Å². The number of oxazole rings is 1. The summed E-state index contributed by atoms with van der Waals surface area (Å²) in [6.45, 7) is 6.14. The lowest BCUT2D eigenvalue weighted by Gasteiger charge is -2.14. The number of nitrogens with one attached hydrogen (secondary N) is 2. The monoisotopic (exact) mass is 493 g/mol. The lowest BCUT2D eigenvalue weighted by molar-refractivity contribution is 0.0974. The van der Waals surface area contributed by atoms with E-state index >= 15 is 0 Å². The van der Waals surface area contributed by atoms with Gasteiger partial charge in [0.15, 0.2) is 10.7 Å². The average molecular weight is 494 g/mol.